The molecule has 0 bridgehead atoms. The smallest absolute Gasteiger partial charge is 0.312 e. The molecule has 0 aliphatic carbocycles. The lowest BCUT2D eigenvalue weighted by Gasteiger charge is -2.44. The third-order valence-electron chi connectivity index (χ3n) is 5.51. The minimum atomic E-state index is -0.771. The Labute approximate surface area is 189 Å². The van der Waals surface area contributed by atoms with Crippen molar-refractivity contribution in [1.29, 1.82) is 0 Å². The molecule has 4 aromatic rings. The summed E-state index contributed by atoms with van der Waals surface area (Å²) >= 11 is 1.56. The van der Waals surface area contributed by atoms with E-state index in [2.05, 4.69) is 4.98 Å². The minimum Gasteiger partial charge on any atom is -0.481 e. The third-order valence-corrected chi connectivity index (χ3v) is 6.68. The number of thiazole rings is 1. The first kappa shape index (κ1) is 20.2. The van der Waals surface area contributed by atoms with Crippen LogP contribution in [0.25, 0.3) is 21.7 Å². The first-order valence-corrected chi connectivity index (χ1v) is 11.1. The molecule has 1 fully saturated rings. The van der Waals surface area contributed by atoms with Crippen molar-refractivity contribution in [3.63, 3.8) is 0 Å². The van der Waals surface area contributed by atoms with Gasteiger partial charge in [0, 0.05) is 36.6 Å². The normalized spacial score (nSPS) is 14.6. The molecule has 0 radical (unpaired) electrons. The standard InChI is InChI=1S/C25H21N3O3S/c1-25(23(29)30)15-28(16-25)24-27-21(22(32-24)18-6-5-13-26-14-18)17-9-11-20(12-10-17)31-19-7-3-2-4-8-19/h2-14H,15-16H2,1H3,(H,29,30). The number of ether oxygens (including phenoxy) is 1. The molecule has 1 aliphatic rings. The second kappa shape index (κ2) is 8.09. The van der Waals surface area contributed by atoms with Gasteiger partial charge in [-0.25, -0.2) is 4.98 Å². The Morgan fingerprint density at radius 1 is 1.00 bits per heavy atom. The maximum Gasteiger partial charge on any atom is 0.312 e. The summed E-state index contributed by atoms with van der Waals surface area (Å²) in [5.41, 5.74) is 2.08. The van der Waals surface area contributed by atoms with Gasteiger partial charge in [0.25, 0.3) is 0 Å². The van der Waals surface area contributed by atoms with Crippen LogP contribution in [0.4, 0.5) is 5.13 Å². The Kier molecular flexibility index (Phi) is 5.11. The Morgan fingerprint density at radius 3 is 2.38 bits per heavy atom. The molecular weight excluding hydrogens is 422 g/mol. The number of carbonyl (C=O) groups is 1. The van der Waals surface area contributed by atoms with E-state index in [1.54, 1.807) is 24.5 Å². The summed E-state index contributed by atoms with van der Waals surface area (Å²) in [5.74, 6) is 0.761. The highest BCUT2D eigenvalue weighted by atomic mass is 32.1. The molecule has 3 heterocycles. The summed E-state index contributed by atoms with van der Waals surface area (Å²) in [6.45, 7) is 2.67. The van der Waals surface area contributed by atoms with E-state index in [-0.39, 0.29) is 0 Å². The molecule has 0 amide bonds. The van der Waals surface area contributed by atoms with Crippen molar-refractivity contribution in [2.45, 2.75) is 6.92 Å². The van der Waals surface area contributed by atoms with Crippen LogP contribution >= 0.6 is 11.3 Å². The van der Waals surface area contributed by atoms with Crippen molar-refractivity contribution < 1.29 is 14.6 Å². The average molecular weight is 444 g/mol. The molecule has 5 rings (SSSR count). The molecule has 0 atom stereocenters. The van der Waals surface area contributed by atoms with Gasteiger partial charge >= 0.3 is 5.97 Å². The summed E-state index contributed by atoms with van der Waals surface area (Å²) in [7, 11) is 0. The summed E-state index contributed by atoms with van der Waals surface area (Å²) in [4.78, 5) is 23.7. The maximum atomic E-state index is 11.5. The summed E-state index contributed by atoms with van der Waals surface area (Å²) in [6.07, 6.45) is 3.57. The predicted molar refractivity (Wildman–Crippen MR) is 125 cm³/mol. The van der Waals surface area contributed by atoms with E-state index in [9.17, 15) is 9.90 Å². The highest BCUT2D eigenvalue weighted by Gasteiger charge is 2.46. The van der Waals surface area contributed by atoms with Gasteiger partial charge in [-0.2, -0.15) is 0 Å². The average Bonchev–Trinajstić information content (AvgIpc) is 3.23. The molecule has 7 heteroatoms. The first-order chi connectivity index (χ1) is 15.5. The molecule has 160 valence electrons. The largest absolute Gasteiger partial charge is 0.481 e. The zero-order chi connectivity index (χ0) is 22.1. The number of anilines is 1. The van der Waals surface area contributed by atoms with Crippen molar-refractivity contribution in [2.75, 3.05) is 18.0 Å². The lowest BCUT2D eigenvalue weighted by Crippen LogP contribution is -2.59. The number of hydrogen-bond acceptors (Lipinski definition) is 6. The summed E-state index contributed by atoms with van der Waals surface area (Å²) in [6, 6.07) is 21.4. The quantitative estimate of drug-likeness (QED) is 0.420. The summed E-state index contributed by atoms with van der Waals surface area (Å²) in [5, 5.41) is 10.3. The van der Waals surface area contributed by atoms with Crippen LogP contribution in [-0.4, -0.2) is 34.1 Å². The van der Waals surface area contributed by atoms with Crippen molar-refractivity contribution in [3.8, 4) is 33.2 Å². The van der Waals surface area contributed by atoms with Gasteiger partial charge in [0.05, 0.1) is 16.0 Å². The molecule has 2 aromatic carbocycles. The molecule has 0 saturated carbocycles. The fourth-order valence-corrected chi connectivity index (χ4v) is 4.78. The zero-order valence-corrected chi connectivity index (χ0v) is 18.2. The van der Waals surface area contributed by atoms with Crippen LogP contribution in [0.1, 0.15) is 6.92 Å². The van der Waals surface area contributed by atoms with Crippen LogP contribution in [0.5, 0.6) is 11.5 Å². The van der Waals surface area contributed by atoms with E-state index in [1.165, 1.54) is 0 Å². The number of rotatable bonds is 6. The van der Waals surface area contributed by atoms with Crippen molar-refractivity contribution in [3.05, 3.63) is 79.1 Å². The molecule has 1 saturated heterocycles. The van der Waals surface area contributed by atoms with Crippen LogP contribution in [-0.2, 0) is 4.79 Å². The van der Waals surface area contributed by atoms with Crippen LogP contribution in [0.15, 0.2) is 79.1 Å². The monoisotopic (exact) mass is 443 g/mol. The molecule has 1 N–H and O–H groups in total. The topological polar surface area (TPSA) is 75.5 Å². The molecule has 32 heavy (non-hydrogen) atoms. The van der Waals surface area contributed by atoms with Gasteiger partial charge < -0.3 is 14.7 Å². The number of carboxylic acids is 1. The number of aromatic nitrogens is 2. The number of nitrogens with zero attached hydrogens (tertiary/aromatic N) is 3. The number of benzene rings is 2. The number of carboxylic acid groups (broad SMARTS) is 1. The van der Waals surface area contributed by atoms with Gasteiger partial charge in [-0.15, -0.1) is 0 Å². The third kappa shape index (κ3) is 3.83. The Bertz CT molecular complexity index is 1230. The van der Waals surface area contributed by atoms with Gasteiger partial charge in [-0.1, -0.05) is 35.6 Å². The van der Waals surface area contributed by atoms with Crippen LogP contribution in [0.3, 0.4) is 0 Å². The van der Waals surface area contributed by atoms with E-state index in [4.69, 9.17) is 9.72 Å². The SMILES string of the molecule is CC1(C(=O)O)CN(c2nc(-c3ccc(Oc4ccccc4)cc3)c(-c3cccnc3)s2)C1. The van der Waals surface area contributed by atoms with E-state index in [1.807, 2.05) is 77.8 Å². The van der Waals surface area contributed by atoms with E-state index >= 15 is 0 Å². The summed E-state index contributed by atoms with van der Waals surface area (Å²) < 4.78 is 5.91. The number of aliphatic carboxylic acids is 1. The number of pyridine rings is 1. The van der Waals surface area contributed by atoms with Crippen molar-refractivity contribution in [2.24, 2.45) is 5.41 Å². The van der Waals surface area contributed by atoms with E-state index in [0.717, 1.165) is 38.3 Å². The Morgan fingerprint density at radius 2 is 1.72 bits per heavy atom. The highest BCUT2D eigenvalue weighted by molar-refractivity contribution is 7.19. The molecule has 2 aromatic heterocycles. The fraction of sp³-hybridized carbons (Fsp3) is 0.160. The predicted octanol–water partition coefficient (Wildman–Crippen LogP) is 5.58. The molecular formula is C25H21N3O3S. The van der Waals surface area contributed by atoms with Crippen LogP contribution < -0.4 is 9.64 Å². The van der Waals surface area contributed by atoms with Crippen molar-refractivity contribution in [1.82, 2.24) is 9.97 Å². The molecule has 0 unspecified atom stereocenters. The Hall–Kier alpha value is -3.71. The van der Waals surface area contributed by atoms with E-state index in [0.29, 0.717) is 13.1 Å². The van der Waals surface area contributed by atoms with Gasteiger partial charge in [0.15, 0.2) is 5.13 Å². The molecule has 1 aliphatic heterocycles. The van der Waals surface area contributed by atoms with Crippen LogP contribution in [0.2, 0.25) is 0 Å². The van der Waals surface area contributed by atoms with Gasteiger partial charge in [0.2, 0.25) is 0 Å². The number of para-hydroxylation sites is 1. The lowest BCUT2D eigenvalue weighted by molar-refractivity contribution is -0.149. The van der Waals surface area contributed by atoms with Gasteiger partial charge in [0.1, 0.15) is 11.5 Å². The van der Waals surface area contributed by atoms with E-state index < -0.39 is 11.4 Å². The fourth-order valence-electron chi connectivity index (χ4n) is 3.70. The second-order valence-corrected chi connectivity index (χ2v) is 9.05. The maximum absolute atomic E-state index is 11.5. The zero-order valence-electron chi connectivity index (χ0n) is 17.4. The number of hydrogen-bond donors (Lipinski definition) is 1. The minimum absolute atomic E-state index is 0.450. The molecule has 0 spiro atoms. The first-order valence-electron chi connectivity index (χ1n) is 10.2. The second-order valence-electron chi connectivity index (χ2n) is 8.08. The lowest BCUT2D eigenvalue weighted by atomic mass is 9.82. The van der Waals surface area contributed by atoms with Crippen molar-refractivity contribution >= 4 is 22.4 Å². The van der Waals surface area contributed by atoms with Gasteiger partial charge in [-0.3, -0.25) is 9.78 Å². The molecule has 6 nitrogen and oxygen atoms in total. The van der Waals surface area contributed by atoms with Gasteiger partial charge in [-0.05, 0) is 49.4 Å². The van der Waals surface area contributed by atoms with Crippen LogP contribution in [0, 0.1) is 5.41 Å². The Balaban J connectivity index is 1.46. The highest BCUT2D eigenvalue weighted by Crippen LogP contribution is 2.44.